The van der Waals surface area contributed by atoms with Crippen molar-refractivity contribution >= 4 is 22.6 Å². The van der Waals surface area contributed by atoms with E-state index < -0.39 is 0 Å². The Labute approximate surface area is 196 Å². The number of pyridine rings is 1. The van der Waals surface area contributed by atoms with Crippen LogP contribution in [0, 0.1) is 0 Å². The van der Waals surface area contributed by atoms with Crippen LogP contribution in [-0.2, 0) is 19.5 Å². The number of carbonyl (C=O) groups is 1. The van der Waals surface area contributed by atoms with Gasteiger partial charge < -0.3 is 24.7 Å². The molecular formula is C27H25N3O4. The number of aromatic amines is 1. The van der Waals surface area contributed by atoms with E-state index in [0.717, 1.165) is 22.9 Å². The molecule has 0 saturated heterocycles. The van der Waals surface area contributed by atoms with E-state index in [4.69, 9.17) is 9.47 Å². The molecule has 1 aliphatic rings. The Kier molecular flexibility index (Phi) is 5.91. The summed E-state index contributed by atoms with van der Waals surface area (Å²) in [5.74, 6) is 1.33. The summed E-state index contributed by atoms with van der Waals surface area (Å²) in [7, 11) is 0. The van der Waals surface area contributed by atoms with E-state index in [1.54, 1.807) is 4.90 Å². The van der Waals surface area contributed by atoms with Gasteiger partial charge in [0.1, 0.15) is 0 Å². The van der Waals surface area contributed by atoms with Crippen LogP contribution in [0.4, 0.5) is 10.5 Å². The standard InChI is InChI=1S/C27H25N3O4/c1-2-18-8-10-23-20(12-18)14-21(26(31)29-23)16-30(27(32)28-22-6-4-3-5-7-22)15-19-9-11-24-25(13-19)34-17-33-24/h3-14H,2,15-17H2,1H3,(H,28,32)(H,29,31). The summed E-state index contributed by atoms with van der Waals surface area (Å²) >= 11 is 0. The number of anilines is 1. The van der Waals surface area contributed by atoms with Crippen molar-refractivity contribution in [1.29, 1.82) is 0 Å². The van der Waals surface area contributed by atoms with Gasteiger partial charge in [0.05, 0.1) is 6.54 Å². The number of para-hydroxylation sites is 1. The van der Waals surface area contributed by atoms with Crippen LogP contribution in [0.2, 0.25) is 0 Å². The molecule has 1 aromatic heterocycles. The van der Waals surface area contributed by atoms with E-state index in [-0.39, 0.29) is 24.9 Å². The summed E-state index contributed by atoms with van der Waals surface area (Å²) in [5.41, 5.74) is 3.83. The van der Waals surface area contributed by atoms with Gasteiger partial charge in [-0.3, -0.25) is 4.79 Å². The smallest absolute Gasteiger partial charge is 0.322 e. The lowest BCUT2D eigenvalue weighted by molar-refractivity contribution is 0.174. The van der Waals surface area contributed by atoms with Gasteiger partial charge in [-0.1, -0.05) is 37.3 Å². The number of hydrogen-bond acceptors (Lipinski definition) is 4. The molecule has 7 heteroatoms. The minimum atomic E-state index is -0.300. The molecular weight excluding hydrogens is 430 g/mol. The Balaban J connectivity index is 1.46. The van der Waals surface area contributed by atoms with Crippen molar-refractivity contribution in [2.45, 2.75) is 26.4 Å². The van der Waals surface area contributed by atoms with Gasteiger partial charge in [0, 0.05) is 23.3 Å². The zero-order chi connectivity index (χ0) is 23.5. The number of nitrogens with zero attached hydrogens (tertiary/aromatic N) is 1. The van der Waals surface area contributed by atoms with Crippen molar-refractivity contribution in [1.82, 2.24) is 9.88 Å². The van der Waals surface area contributed by atoms with Crippen LogP contribution < -0.4 is 20.3 Å². The van der Waals surface area contributed by atoms with Gasteiger partial charge in [0.25, 0.3) is 5.56 Å². The van der Waals surface area contributed by atoms with Crippen LogP contribution in [-0.4, -0.2) is 22.7 Å². The van der Waals surface area contributed by atoms with Crippen LogP contribution in [0.15, 0.2) is 77.6 Å². The van der Waals surface area contributed by atoms with E-state index in [1.165, 1.54) is 5.56 Å². The van der Waals surface area contributed by atoms with Crippen LogP contribution in [0.3, 0.4) is 0 Å². The predicted octanol–water partition coefficient (Wildman–Crippen LogP) is 5.05. The highest BCUT2D eigenvalue weighted by Crippen LogP contribution is 2.33. The number of carbonyl (C=O) groups excluding carboxylic acids is 1. The fraction of sp³-hybridized carbons (Fsp3) is 0.185. The minimum absolute atomic E-state index is 0.148. The average Bonchev–Trinajstić information content (AvgIpc) is 3.32. The number of nitrogens with one attached hydrogen (secondary N) is 2. The van der Waals surface area contributed by atoms with Crippen molar-refractivity contribution in [3.63, 3.8) is 0 Å². The first kappa shape index (κ1) is 21.6. The number of ether oxygens (including phenoxy) is 2. The molecule has 0 spiro atoms. The lowest BCUT2D eigenvalue weighted by Gasteiger charge is -2.23. The van der Waals surface area contributed by atoms with E-state index in [9.17, 15) is 9.59 Å². The van der Waals surface area contributed by atoms with Gasteiger partial charge in [-0.25, -0.2) is 4.79 Å². The number of fused-ring (bicyclic) bond motifs is 2. The molecule has 2 amide bonds. The molecule has 34 heavy (non-hydrogen) atoms. The maximum absolute atomic E-state index is 13.3. The Bertz CT molecular complexity index is 1400. The van der Waals surface area contributed by atoms with Crippen LogP contribution in [0.1, 0.15) is 23.6 Å². The molecule has 0 atom stereocenters. The number of rotatable bonds is 6. The van der Waals surface area contributed by atoms with Crippen molar-refractivity contribution in [3.05, 3.63) is 99.8 Å². The molecule has 0 bridgehead atoms. The predicted molar refractivity (Wildman–Crippen MR) is 131 cm³/mol. The maximum atomic E-state index is 13.3. The molecule has 0 radical (unpaired) electrons. The van der Waals surface area contributed by atoms with E-state index >= 15 is 0 Å². The first-order valence-corrected chi connectivity index (χ1v) is 11.2. The second-order valence-corrected chi connectivity index (χ2v) is 8.24. The monoisotopic (exact) mass is 455 g/mol. The minimum Gasteiger partial charge on any atom is -0.454 e. The highest BCUT2D eigenvalue weighted by atomic mass is 16.7. The molecule has 7 nitrogen and oxygen atoms in total. The number of benzene rings is 3. The Morgan fingerprint density at radius 3 is 2.56 bits per heavy atom. The maximum Gasteiger partial charge on any atom is 0.322 e. The summed E-state index contributed by atoms with van der Waals surface area (Å²) in [6.45, 7) is 2.72. The lowest BCUT2D eigenvalue weighted by atomic mass is 10.1. The van der Waals surface area contributed by atoms with Gasteiger partial charge in [-0.15, -0.1) is 0 Å². The van der Waals surface area contributed by atoms with E-state index in [1.807, 2.05) is 66.7 Å². The third-order valence-electron chi connectivity index (χ3n) is 5.88. The molecule has 0 saturated carbocycles. The largest absolute Gasteiger partial charge is 0.454 e. The van der Waals surface area contributed by atoms with Gasteiger partial charge >= 0.3 is 6.03 Å². The van der Waals surface area contributed by atoms with Crippen molar-refractivity contribution in [2.75, 3.05) is 12.1 Å². The first-order chi connectivity index (χ1) is 16.6. The molecule has 172 valence electrons. The SMILES string of the molecule is CCc1ccc2[nH]c(=O)c(CN(Cc3ccc4c(c3)OCO4)C(=O)Nc3ccccc3)cc2c1. The van der Waals surface area contributed by atoms with Crippen molar-refractivity contribution in [2.24, 2.45) is 0 Å². The molecule has 0 fully saturated rings. The highest BCUT2D eigenvalue weighted by Gasteiger charge is 2.19. The third kappa shape index (κ3) is 4.59. The zero-order valence-electron chi connectivity index (χ0n) is 18.8. The number of amides is 2. The Morgan fingerprint density at radius 1 is 0.941 bits per heavy atom. The first-order valence-electron chi connectivity index (χ1n) is 11.2. The van der Waals surface area contributed by atoms with Gasteiger partial charge in [0.15, 0.2) is 11.5 Å². The molecule has 2 heterocycles. The molecule has 1 aliphatic heterocycles. The van der Waals surface area contributed by atoms with Crippen LogP contribution in [0.25, 0.3) is 10.9 Å². The van der Waals surface area contributed by atoms with Crippen LogP contribution >= 0.6 is 0 Å². The molecule has 4 aromatic rings. The quantitative estimate of drug-likeness (QED) is 0.426. The number of aryl methyl sites for hydroxylation is 1. The zero-order valence-corrected chi connectivity index (χ0v) is 18.8. The summed E-state index contributed by atoms with van der Waals surface area (Å²) in [4.78, 5) is 30.7. The molecule has 0 unspecified atom stereocenters. The number of urea groups is 1. The molecule has 3 aromatic carbocycles. The summed E-state index contributed by atoms with van der Waals surface area (Å²) in [5, 5.41) is 3.87. The van der Waals surface area contributed by atoms with E-state index in [0.29, 0.717) is 29.3 Å². The molecule has 2 N–H and O–H groups in total. The molecule has 0 aliphatic carbocycles. The van der Waals surface area contributed by atoms with Gasteiger partial charge in [0.2, 0.25) is 6.79 Å². The van der Waals surface area contributed by atoms with Crippen molar-refractivity contribution < 1.29 is 14.3 Å². The fourth-order valence-corrected chi connectivity index (χ4v) is 4.03. The van der Waals surface area contributed by atoms with Crippen molar-refractivity contribution in [3.8, 4) is 11.5 Å². The molecule has 5 rings (SSSR count). The Morgan fingerprint density at radius 2 is 1.74 bits per heavy atom. The second kappa shape index (κ2) is 9.31. The summed E-state index contributed by atoms with van der Waals surface area (Å²) in [6.07, 6.45) is 0.903. The van der Waals surface area contributed by atoms with Crippen LogP contribution in [0.5, 0.6) is 11.5 Å². The lowest BCUT2D eigenvalue weighted by Crippen LogP contribution is -2.35. The van der Waals surface area contributed by atoms with E-state index in [2.05, 4.69) is 23.3 Å². The number of hydrogen-bond donors (Lipinski definition) is 2. The van der Waals surface area contributed by atoms with Gasteiger partial charge in [-0.05, 0) is 65.4 Å². The third-order valence-corrected chi connectivity index (χ3v) is 5.88. The Hall–Kier alpha value is -4.26. The van der Waals surface area contributed by atoms with Gasteiger partial charge in [-0.2, -0.15) is 0 Å². The fourth-order valence-electron chi connectivity index (χ4n) is 4.03. The summed E-state index contributed by atoms with van der Waals surface area (Å²) < 4.78 is 10.9. The normalized spacial score (nSPS) is 12.0. The number of H-pyrrole nitrogens is 1. The average molecular weight is 456 g/mol. The topological polar surface area (TPSA) is 83.7 Å². The second-order valence-electron chi connectivity index (χ2n) is 8.24. The number of aromatic nitrogens is 1. The highest BCUT2D eigenvalue weighted by molar-refractivity contribution is 5.89. The summed E-state index contributed by atoms with van der Waals surface area (Å²) in [6, 6.07) is 22.4.